The van der Waals surface area contributed by atoms with Gasteiger partial charge in [0.2, 0.25) is 0 Å². The molecule has 1 aromatic heterocycles. The zero-order valence-electron chi connectivity index (χ0n) is 8.26. The Morgan fingerprint density at radius 2 is 2.08 bits per heavy atom. The van der Waals surface area contributed by atoms with Crippen LogP contribution in [0.15, 0.2) is 23.9 Å². The highest BCUT2D eigenvalue weighted by molar-refractivity contribution is 5.69. The molecule has 66 valence electrons. The largest absolute Gasteiger partial charge is 0.247 e. The highest BCUT2D eigenvalue weighted by atomic mass is 14.7. The Morgan fingerprint density at radius 3 is 2.62 bits per heavy atom. The number of terminal acetylenes is 1. The molecule has 0 aliphatic heterocycles. The third kappa shape index (κ3) is 1.97. The second-order valence-electron chi connectivity index (χ2n) is 3.17. The first-order chi connectivity index (χ1) is 6.16. The van der Waals surface area contributed by atoms with Crippen molar-refractivity contribution in [3.63, 3.8) is 0 Å². The minimum atomic E-state index is 0.723. The van der Waals surface area contributed by atoms with Gasteiger partial charge in [-0.2, -0.15) is 0 Å². The van der Waals surface area contributed by atoms with E-state index < -0.39 is 0 Å². The van der Waals surface area contributed by atoms with Crippen molar-refractivity contribution in [2.45, 2.75) is 20.8 Å². The summed E-state index contributed by atoms with van der Waals surface area (Å²) in [6, 6.07) is 3.91. The molecule has 13 heavy (non-hydrogen) atoms. The molecule has 0 bridgehead atoms. The molecule has 0 radical (unpaired) electrons. The molecule has 0 amide bonds. The SMILES string of the molecule is C#Cc1ncccc1C(C)=C(C)C. The number of allylic oxidation sites excluding steroid dienone is 2. The smallest absolute Gasteiger partial charge is 0.120 e. The van der Waals surface area contributed by atoms with Crippen molar-refractivity contribution >= 4 is 5.57 Å². The number of rotatable bonds is 1. The number of pyridine rings is 1. The van der Waals surface area contributed by atoms with E-state index >= 15 is 0 Å². The molecule has 0 atom stereocenters. The molecule has 0 saturated carbocycles. The van der Waals surface area contributed by atoms with Gasteiger partial charge in [-0.05, 0) is 38.3 Å². The molecule has 0 fully saturated rings. The maximum atomic E-state index is 5.35. The van der Waals surface area contributed by atoms with E-state index in [-0.39, 0.29) is 0 Å². The number of aromatic nitrogens is 1. The zero-order chi connectivity index (χ0) is 9.84. The fraction of sp³-hybridized carbons (Fsp3) is 0.250. The standard InChI is InChI=1S/C12H13N/c1-5-12-11(7-6-8-13-12)10(4)9(2)3/h1,6-8H,2-4H3. The van der Waals surface area contributed by atoms with Crippen LogP contribution in [-0.4, -0.2) is 4.98 Å². The Labute approximate surface area is 79.5 Å². The van der Waals surface area contributed by atoms with Crippen LogP contribution in [0.2, 0.25) is 0 Å². The Hall–Kier alpha value is -1.55. The maximum absolute atomic E-state index is 5.35. The predicted molar refractivity (Wildman–Crippen MR) is 56.1 cm³/mol. The van der Waals surface area contributed by atoms with Gasteiger partial charge in [0.1, 0.15) is 5.69 Å². The van der Waals surface area contributed by atoms with E-state index in [1.165, 1.54) is 11.1 Å². The molecule has 1 aromatic rings. The first kappa shape index (κ1) is 9.54. The second kappa shape index (κ2) is 3.91. The fourth-order valence-electron chi connectivity index (χ4n) is 1.09. The fourth-order valence-corrected chi connectivity index (χ4v) is 1.09. The molecule has 1 rings (SSSR count). The van der Waals surface area contributed by atoms with Crippen LogP contribution in [0.5, 0.6) is 0 Å². The average Bonchev–Trinajstić information content (AvgIpc) is 2.16. The molecule has 0 saturated heterocycles. The Kier molecular flexibility index (Phi) is 2.87. The van der Waals surface area contributed by atoms with E-state index in [9.17, 15) is 0 Å². The third-order valence-electron chi connectivity index (χ3n) is 2.10. The lowest BCUT2D eigenvalue weighted by atomic mass is 10.0. The summed E-state index contributed by atoms with van der Waals surface area (Å²) in [6.45, 7) is 6.21. The zero-order valence-corrected chi connectivity index (χ0v) is 8.26. The van der Waals surface area contributed by atoms with Gasteiger partial charge in [-0.25, -0.2) is 4.98 Å². The van der Waals surface area contributed by atoms with E-state index in [1.807, 2.05) is 12.1 Å². The Balaban J connectivity index is 3.32. The summed E-state index contributed by atoms with van der Waals surface area (Å²) >= 11 is 0. The van der Waals surface area contributed by atoms with Gasteiger partial charge >= 0.3 is 0 Å². The summed E-state index contributed by atoms with van der Waals surface area (Å²) < 4.78 is 0. The van der Waals surface area contributed by atoms with Crippen molar-refractivity contribution in [1.29, 1.82) is 0 Å². The number of nitrogens with zero attached hydrogens (tertiary/aromatic N) is 1. The average molecular weight is 171 g/mol. The van der Waals surface area contributed by atoms with Gasteiger partial charge in [0.05, 0.1) is 0 Å². The Morgan fingerprint density at radius 1 is 1.38 bits per heavy atom. The van der Waals surface area contributed by atoms with Crippen LogP contribution >= 0.6 is 0 Å². The molecule has 0 spiro atoms. The van der Waals surface area contributed by atoms with E-state index in [0.29, 0.717) is 0 Å². The van der Waals surface area contributed by atoms with Crippen LogP contribution in [-0.2, 0) is 0 Å². The van der Waals surface area contributed by atoms with Gasteiger partial charge in [0.15, 0.2) is 0 Å². The van der Waals surface area contributed by atoms with Crippen LogP contribution < -0.4 is 0 Å². The van der Waals surface area contributed by atoms with Gasteiger partial charge in [0, 0.05) is 11.8 Å². The van der Waals surface area contributed by atoms with Crippen LogP contribution in [0.3, 0.4) is 0 Å². The summed E-state index contributed by atoms with van der Waals surface area (Å²) in [5.41, 5.74) is 4.26. The summed E-state index contributed by atoms with van der Waals surface area (Å²) in [6.07, 6.45) is 7.07. The van der Waals surface area contributed by atoms with Gasteiger partial charge in [-0.1, -0.05) is 11.6 Å². The lowest BCUT2D eigenvalue weighted by Crippen LogP contribution is -1.91. The van der Waals surface area contributed by atoms with Gasteiger partial charge in [0.25, 0.3) is 0 Å². The molecule has 0 N–H and O–H groups in total. The second-order valence-corrected chi connectivity index (χ2v) is 3.17. The van der Waals surface area contributed by atoms with E-state index in [4.69, 9.17) is 6.42 Å². The van der Waals surface area contributed by atoms with Crippen LogP contribution in [0.4, 0.5) is 0 Å². The van der Waals surface area contributed by atoms with Crippen molar-refractivity contribution < 1.29 is 0 Å². The Bertz CT molecular complexity index is 376. The van der Waals surface area contributed by atoms with Gasteiger partial charge in [-0.3, -0.25) is 0 Å². The molecule has 0 aliphatic carbocycles. The first-order valence-corrected chi connectivity index (χ1v) is 4.23. The van der Waals surface area contributed by atoms with E-state index in [1.54, 1.807) is 6.20 Å². The van der Waals surface area contributed by atoms with E-state index in [0.717, 1.165) is 11.3 Å². The molecule has 0 aromatic carbocycles. The van der Waals surface area contributed by atoms with Crippen molar-refractivity contribution in [1.82, 2.24) is 4.98 Å². The molecule has 1 nitrogen and oxygen atoms in total. The number of hydrogen-bond donors (Lipinski definition) is 0. The van der Waals surface area contributed by atoms with Gasteiger partial charge in [-0.15, -0.1) is 6.42 Å². The molecule has 1 heteroatoms. The van der Waals surface area contributed by atoms with Crippen LogP contribution in [0.1, 0.15) is 32.0 Å². The summed E-state index contributed by atoms with van der Waals surface area (Å²) in [7, 11) is 0. The lowest BCUT2D eigenvalue weighted by Gasteiger charge is -2.05. The van der Waals surface area contributed by atoms with Crippen molar-refractivity contribution in [3.8, 4) is 12.3 Å². The molecule has 0 aliphatic rings. The predicted octanol–water partition coefficient (Wildman–Crippen LogP) is 2.88. The minimum absolute atomic E-state index is 0.723. The summed E-state index contributed by atoms with van der Waals surface area (Å²) in [4.78, 5) is 4.13. The first-order valence-electron chi connectivity index (χ1n) is 4.23. The third-order valence-corrected chi connectivity index (χ3v) is 2.10. The molecular weight excluding hydrogens is 158 g/mol. The van der Waals surface area contributed by atoms with Gasteiger partial charge < -0.3 is 0 Å². The normalized spacial score (nSPS) is 9.08. The highest BCUT2D eigenvalue weighted by Crippen LogP contribution is 2.19. The maximum Gasteiger partial charge on any atom is 0.120 e. The van der Waals surface area contributed by atoms with E-state index in [2.05, 4.69) is 31.7 Å². The van der Waals surface area contributed by atoms with Crippen molar-refractivity contribution in [3.05, 3.63) is 35.2 Å². The van der Waals surface area contributed by atoms with Crippen LogP contribution in [0.25, 0.3) is 5.57 Å². The molecule has 1 heterocycles. The highest BCUT2D eigenvalue weighted by Gasteiger charge is 2.02. The summed E-state index contributed by atoms with van der Waals surface area (Å²) in [5.74, 6) is 2.59. The lowest BCUT2D eigenvalue weighted by molar-refractivity contribution is 1.25. The van der Waals surface area contributed by atoms with Crippen molar-refractivity contribution in [2.75, 3.05) is 0 Å². The minimum Gasteiger partial charge on any atom is -0.247 e. The molecule has 0 unspecified atom stereocenters. The summed E-state index contributed by atoms with van der Waals surface area (Å²) in [5, 5.41) is 0. The topological polar surface area (TPSA) is 12.9 Å². The molecular formula is C12H13N. The van der Waals surface area contributed by atoms with Crippen molar-refractivity contribution in [2.24, 2.45) is 0 Å². The monoisotopic (exact) mass is 171 g/mol. The van der Waals surface area contributed by atoms with Crippen LogP contribution in [0, 0.1) is 12.3 Å². The number of hydrogen-bond acceptors (Lipinski definition) is 1. The quantitative estimate of drug-likeness (QED) is 0.592.